The number of amides is 1. The molecule has 0 spiro atoms. The summed E-state index contributed by atoms with van der Waals surface area (Å²) < 4.78 is 37.1. The van der Waals surface area contributed by atoms with E-state index in [4.69, 9.17) is 0 Å². The fourth-order valence-electron chi connectivity index (χ4n) is 3.37. The summed E-state index contributed by atoms with van der Waals surface area (Å²) in [5.74, 6) is -0.0730. The molecule has 0 aliphatic carbocycles. The third kappa shape index (κ3) is 5.93. The van der Waals surface area contributed by atoms with Gasteiger partial charge in [0.1, 0.15) is 0 Å². The van der Waals surface area contributed by atoms with Gasteiger partial charge >= 0.3 is 6.18 Å². The maximum absolute atomic E-state index is 12.5. The second-order valence-corrected chi connectivity index (χ2v) is 6.64. The molecule has 23 heavy (non-hydrogen) atoms. The number of halogens is 3. The first-order valence-electron chi connectivity index (χ1n) is 8.23. The van der Waals surface area contributed by atoms with E-state index in [2.05, 4.69) is 4.90 Å². The van der Waals surface area contributed by atoms with Crippen molar-refractivity contribution in [3.05, 3.63) is 0 Å². The quantitative estimate of drug-likeness (QED) is 0.824. The Balaban J connectivity index is 1.73. The first-order valence-corrected chi connectivity index (χ1v) is 8.23. The third-order valence-corrected chi connectivity index (χ3v) is 4.55. The minimum atomic E-state index is -4.17. The number of rotatable bonds is 4. The largest absolute Gasteiger partial charge is 0.401 e. The highest BCUT2D eigenvalue weighted by molar-refractivity contribution is 5.79. The van der Waals surface area contributed by atoms with Crippen molar-refractivity contribution in [1.29, 1.82) is 0 Å². The third-order valence-electron chi connectivity index (χ3n) is 4.55. The summed E-state index contributed by atoms with van der Waals surface area (Å²) in [4.78, 5) is 17.8. The number of β-amino-alcohol motifs (C(OH)–C–C–N with tert-alkyl or cyclic N) is 1. The van der Waals surface area contributed by atoms with Gasteiger partial charge < -0.3 is 10.0 Å². The van der Waals surface area contributed by atoms with Crippen LogP contribution in [-0.2, 0) is 4.79 Å². The molecule has 0 unspecified atom stereocenters. The van der Waals surface area contributed by atoms with Gasteiger partial charge in [0.05, 0.1) is 12.6 Å². The molecule has 0 aromatic carbocycles. The molecule has 2 rings (SSSR count). The van der Waals surface area contributed by atoms with Gasteiger partial charge in [-0.3, -0.25) is 14.6 Å². The molecular weight excluding hydrogens is 311 g/mol. The van der Waals surface area contributed by atoms with Crippen LogP contribution in [0.5, 0.6) is 0 Å². The average Bonchev–Trinajstić information content (AvgIpc) is 2.46. The number of aliphatic hydroxyl groups is 1. The van der Waals surface area contributed by atoms with Crippen molar-refractivity contribution < 1.29 is 23.1 Å². The second-order valence-electron chi connectivity index (χ2n) is 6.64. The van der Waals surface area contributed by atoms with Crippen molar-refractivity contribution in [3.63, 3.8) is 0 Å². The molecule has 0 radical (unpaired) electrons. The normalized spacial score (nSPS) is 24.0. The number of carbonyl (C=O) groups excluding carboxylic acids is 1. The first-order chi connectivity index (χ1) is 10.7. The maximum atomic E-state index is 12.5. The van der Waals surface area contributed by atoms with Crippen LogP contribution in [0.25, 0.3) is 0 Å². The van der Waals surface area contributed by atoms with E-state index >= 15 is 0 Å². The molecule has 0 saturated carbocycles. The minimum Gasteiger partial charge on any atom is -0.392 e. The van der Waals surface area contributed by atoms with Crippen LogP contribution in [0.3, 0.4) is 0 Å². The van der Waals surface area contributed by atoms with E-state index in [0.29, 0.717) is 45.6 Å². The minimum absolute atomic E-state index is 0.0772. The number of aliphatic hydroxyl groups excluding tert-OH is 1. The molecule has 134 valence electrons. The van der Waals surface area contributed by atoms with Gasteiger partial charge in [-0.05, 0) is 32.9 Å². The zero-order chi connectivity index (χ0) is 17.0. The molecule has 8 heteroatoms. The first kappa shape index (κ1) is 18.5. The highest BCUT2D eigenvalue weighted by atomic mass is 19.4. The van der Waals surface area contributed by atoms with Crippen LogP contribution in [-0.4, -0.2) is 90.4 Å². The van der Waals surface area contributed by atoms with E-state index < -0.39 is 12.7 Å². The van der Waals surface area contributed by atoms with Gasteiger partial charge in [0, 0.05) is 38.6 Å². The number of alkyl halides is 3. The van der Waals surface area contributed by atoms with Crippen LogP contribution in [0, 0.1) is 5.92 Å². The molecule has 0 bridgehead atoms. The lowest BCUT2D eigenvalue weighted by Gasteiger charge is -2.39. The summed E-state index contributed by atoms with van der Waals surface area (Å²) >= 11 is 0. The van der Waals surface area contributed by atoms with Gasteiger partial charge in [-0.1, -0.05) is 0 Å². The van der Waals surface area contributed by atoms with Crippen molar-refractivity contribution in [2.75, 3.05) is 52.4 Å². The Morgan fingerprint density at radius 2 is 1.65 bits per heavy atom. The van der Waals surface area contributed by atoms with Gasteiger partial charge in [0.25, 0.3) is 0 Å². The molecule has 2 heterocycles. The number of carbonyl (C=O) groups is 1. The van der Waals surface area contributed by atoms with Crippen LogP contribution in [0.4, 0.5) is 13.2 Å². The average molecular weight is 337 g/mol. The lowest BCUT2D eigenvalue weighted by molar-refractivity contribution is -0.151. The number of hydrogen-bond donors (Lipinski definition) is 1. The summed E-state index contributed by atoms with van der Waals surface area (Å²) in [6.07, 6.45) is -3.54. The molecule has 2 aliphatic rings. The Morgan fingerprint density at radius 3 is 2.13 bits per heavy atom. The summed E-state index contributed by atoms with van der Waals surface area (Å²) in [5, 5.41) is 9.38. The monoisotopic (exact) mass is 337 g/mol. The van der Waals surface area contributed by atoms with E-state index in [1.807, 2.05) is 4.90 Å². The highest BCUT2D eigenvalue weighted by Crippen LogP contribution is 2.24. The Morgan fingerprint density at radius 1 is 1.09 bits per heavy atom. The van der Waals surface area contributed by atoms with Crippen LogP contribution in [0.1, 0.15) is 19.8 Å². The zero-order valence-electron chi connectivity index (χ0n) is 13.6. The van der Waals surface area contributed by atoms with E-state index in [-0.39, 0.29) is 17.9 Å². The van der Waals surface area contributed by atoms with Gasteiger partial charge in [-0.2, -0.15) is 13.2 Å². The number of piperidine rings is 1. The SMILES string of the molecule is C[C@@H](O)CN1CCN(C(=O)C2CCN(CC(F)(F)F)CC2)CC1. The summed E-state index contributed by atoms with van der Waals surface area (Å²) in [5.41, 5.74) is 0. The van der Waals surface area contributed by atoms with Gasteiger partial charge in [0.2, 0.25) is 5.91 Å². The van der Waals surface area contributed by atoms with Gasteiger partial charge in [-0.15, -0.1) is 0 Å². The van der Waals surface area contributed by atoms with E-state index in [0.717, 1.165) is 13.1 Å². The lowest BCUT2D eigenvalue weighted by Crippen LogP contribution is -2.52. The van der Waals surface area contributed by atoms with E-state index in [1.165, 1.54) is 4.90 Å². The van der Waals surface area contributed by atoms with Gasteiger partial charge in [0.15, 0.2) is 0 Å². The summed E-state index contributed by atoms with van der Waals surface area (Å²) in [6, 6.07) is 0. The van der Waals surface area contributed by atoms with Crippen LogP contribution in [0.15, 0.2) is 0 Å². The molecule has 1 amide bonds. The van der Waals surface area contributed by atoms with Crippen molar-refractivity contribution >= 4 is 5.91 Å². The Bertz CT molecular complexity index is 388. The fourth-order valence-corrected chi connectivity index (χ4v) is 3.37. The van der Waals surface area contributed by atoms with E-state index in [9.17, 15) is 23.1 Å². The predicted octanol–water partition coefficient (Wildman–Crippen LogP) is 0.786. The fraction of sp³-hybridized carbons (Fsp3) is 0.933. The second kappa shape index (κ2) is 7.81. The molecular formula is C15H26F3N3O2. The topological polar surface area (TPSA) is 47.0 Å². The predicted molar refractivity (Wildman–Crippen MR) is 79.9 cm³/mol. The number of likely N-dealkylation sites (tertiary alicyclic amines) is 1. The summed E-state index contributed by atoms with van der Waals surface area (Å²) in [7, 11) is 0. The molecule has 1 atom stereocenters. The molecule has 0 aromatic heterocycles. The molecule has 2 saturated heterocycles. The van der Waals surface area contributed by atoms with Crippen LogP contribution in [0.2, 0.25) is 0 Å². The Kier molecular flexibility index (Phi) is 6.27. The highest BCUT2D eigenvalue weighted by Gasteiger charge is 2.35. The van der Waals surface area contributed by atoms with Crippen LogP contribution >= 0.6 is 0 Å². The van der Waals surface area contributed by atoms with Crippen molar-refractivity contribution in [2.45, 2.75) is 32.0 Å². The van der Waals surface area contributed by atoms with Crippen LogP contribution < -0.4 is 0 Å². The zero-order valence-corrected chi connectivity index (χ0v) is 13.6. The van der Waals surface area contributed by atoms with Crippen molar-refractivity contribution in [3.8, 4) is 0 Å². The lowest BCUT2D eigenvalue weighted by atomic mass is 9.95. The number of nitrogens with zero attached hydrogens (tertiary/aromatic N) is 3. The number of hydrogen-bond acceptors (Lipinski definition) is 4. The van der Waals surface area contributed by atoms with Crippen molar-refractivity contribution in [1.82, 2.24) is 14.7 Å². The van der Waals surface area contributed by atoms with E-state index in [1.54, 1.807) is 6.92 Å². The van der Waals surface area contributed by atoms with Gasteiger partial charge in [-0.25, -0.2) is 0 Å². The molecule has 2 aliphatic heterocycles. The summed E-state index contributed by atoms with van der Waals surface area (Å²) in [6.45, 7) is 4.88. The maximum Gasteiger partial charge on any atom is 0.401 e. The Hall–Kier alpha value is -0.860. The smallest absolute Gasteiger partial charge is 0.392 e. The Labute approximate surface area is 135 Å². The van der Waals surface area contributed by atoms with Crippen molar-refractivity contribution in [2.24, 2.45) is 5.92 Å². The number of piperazine rings is 1. The molecule has 1 N–H and O–H groups in total. The standard InChI is InChI=1S/C15H26F3N3O2/c1-12(22)10-19-6-8-21(9-7-19)14(23)13-2-4-20(5-3-13)11-15(16,17)18/h12-13,22H,2-11H2,1H3/t12-/m1/s1. The molecule has 2 fully saturated rings. The molecule has 0 aromatic rings. The molecule has 5 nitrogen and oxygen atoms in total.